The third kappa shape index (κ3) is 4.53. The Labute approximate surface area is 194 Å². The van der Waals surface area contributed by atoms with Crippen LogP contribution in [0.5, 0.6) is 5.75 Å². The number of carboxylic acid groups (broad SMARTS) is 1. The third-order valence-electron chi connectivity index (χ3n) is 4.80. The lowest BCUT2D eigenvalue weighted by molar-refractivity contribution is -0.122. The van der Waals surface area contributed by atoms with Gasteiger partial charge in [0.25, 0.3) is 11.8 Å². The SMILES string of the molecule is CCOc1cccc(N2C(=O)/C(=C\c3ccc(-c4cccc(C(=O)O)c4)o3)C(=O)NC2=S)c1. The van der Waals surface area contributed by atoms with Gasteiger partial charge >= 0.3 is 5.97 Å². The maximum absolute atomic E-state index is 13.2. The van der Waals surface area contributed by atoms with E-state index in [2.05, 4.69) is 5.32 Å². The number of carboxylic acids is 1. The summed E-state index contributed by atoms with van der Waals surface area (Å²) in [7, 11) is 0. The number of aromatic carboxylic acids is 1. The van der Waals surface area contributed by atoms with E-state index in [1.165, 1.54) is 23.1 Å². The number of furan rings is 1. The van der Waals surface area contributed by atoms with Gasteiger partial charge in [-0.05, 0) is 61.6 Å². The molecule has 2 amide bonds. The number of hydrogen-bond donors (Lipinski definition) is 2. The minimum Gasteiger partial charge on any atom is -0.494 e. The molecule has 1 fully saturated rings. The van der Waals surface area contributed by atoms with Crippen LogP contribution in [0, 0.1) is 0 Å². The summed E-state index contributed by atoms with van der Waals surface area (Å²) in [6, 6.07) is 16.3. The van der Waals surface area contributed by atoms with Crippen molar-refractivity contribution in [3.05, 3.63) is 77.6 Å². The summed E-state index contributed by atoms with van der Waals surface area (Å²) in [5, 5.41) is 11.7. The molecule has 1 aliphatic rings. The topological polar surface area (TPSA) is 109 Å². The quantitative estimate of drug-likeness (QED) is 0.325. The van der Waals surface area contributed by atoms with Crippen molar-refractivity contribution in [2.45, 2.75) is 6.92 Å². The van der Waals surface area contributed by atoms with E-state index in [1.807, 2.05) is 6.92 Å². The van der Waals surface area contributed by atoms with E-state index in [-0.39, 0.29) is 22.0 Å². The Hall–Kier alpha value is -4.24. The minimum absolute atomic E-state index is 0.0404. The van der Waals surface area contributed by atoms with Crippen molar-refractivity contribution in [1.29, 1.82) is 0 Å². The zero-order chi connectivity index (χ0) is 23.5. The van der Waals surface area contributed by atoms with Gasteiger partial charge in [-0.3, -0.25) is 19.8 Å². The van der Waals surface area contributed by atoms with Crippen molar-refractivity contribution in [2.24, 2.45) is 0 Å². The highest BCUT2D eigenvalue weighted by Crippen LogP contribution is 2.28. The molecule has 2 aromatic carbocycles. The number of nitrogens with one attached hydrogen (secondary N) is 1. The molecule has 33 heavy (non-hydrogen) atoms. The number of amides is 2. The molecule has 4 rings (SSSR count). The highest BCUT2D eigenvalue weighted by Gasteiger charge is 2.35. The summed E-state index contributed by atoms with van der Waals surface area (Å²) in [6.07, 6.45) is 1.32. The van der Waals surface area contributed by atoms with E-state index < -0.39 is 17.8 Å². The number of nitrogens with zero attached hydrogens (tertiary/aromatic N) is 1. The number of thiocarbonyl (C=S) groups is 1. The first-order chi connectivity index (χ1) is 15.9. The van der Waals surface area contributed by atoms with Crippen molar-refractivity contribution in [3.63, 3.8) is 0 Å². The largest absolute Gasteiger partial charge is 0.494 e. The Kier molecular flexibility index (Phi) is 6.05. The van der Waals surface area contributed by atoms with Crippen molar-refractivity contribution in [2.75, 3.05) is 11.5 Å². The molecular formula is C24H18N2O6S. The Morgan fingerprint density at radius 1 is 1.15 bits per heavy atom. The Balaban J connectivity index is 1.65. The van der Waals surface area contributed by atoms with Crippen LogP contribution in [0.2, 0.25) is 0 Å². The summed E-state index contributed by atoms with van der Waals surface area (Å²) in [5.74, 6) is -1.10. The number of carbonyl (C=O) groups is 3. The molecule has 8 nitrogen and oxygen atoms in total. The van der Waals surface area contributed by atoms with Crippen LogP contribution >= 0.6 is 12.2 Å². The minimum atomic E-state index is -1.06. The first kappa shape index (κ1) is 22.0. The fourth-order valence-corrected chi connectivity index (χ4v) is 3.59. The number of anilines is 1. The van der Waals surface area contributed by atoms with Crippen molar-refractivity contribution in [3.8, 4) is 17.1 Å². The van der Waals surface area contributed by atoms with Crippen LogP contribution in [0.15, 0.2) is 70.7 Å². The zero-order valence-electron chi connectivity index (χ0n) is 17.4. The second kappa shape index (κ2) is 9.09. The molecule has 0 unspecified atom stereocenters. The first-order valence-electron chi connectivity index (χ1n) is 9.95. The highest BCUT2D eigenvalue weighted by atomic mass is 32.1. The predicted molar refractivity (Wildman–Crippen MR) is 125 cm³/mol. The van der Waals surface area contributed by atoms with Gasteiger partial charge in [-0.2, -0.15) is 0 Å². The predicted octanol–water partition coefficient (Wildman–Crippen LogP) is 3.87. The Morgan fingerprint density at radius 2 is 1.94 bits per heavy atom. The van der Waals surface area contributed by atoms with Crippen molar-refractivity contribution >= 4 is 46.9 Å². The molecule has 0 saturated carbocycles. The number of carbonyl (C=O) groups excluding carboxylic acids is 2. The van der Waals surface area contributed by atoms with Crippen molar-refractivity contribution < 1.29 is 28.6 Å². The van der Waals surface area contributed by atoms with Gasteiger partial charge in [0.15, 0.2) is 5.11 Å². The zero-order valence-corrected chi connectivity index (χ0v) is 18.2. The van der Waals surface area contributed by atoms with Gasteiger partial charge in [0.05, 0.1) is 17.9 Å². The first-order valence-corrected chi connectivity index (χ1v) is 10.4. The molecule has 0 spiro atoms. The monoisotopic (exact) mass is 462 g/mol. The van der Waals surface area contributed by atoms with E-state index in [1.54, 1.807) is 48.5 Å². The number of benzene rings is 2. The molecule has 1 aliphatic heterocycles. The fourth-order valence-electron chi connectivity index (χ4n) is 3.30. The van der Waals surface area contributed by atoms with Gasteiger partial charge in [-0.25, -0.2) is 4.79 Å². The maximum atomic E-state index is 13.2. The highest BCUT2D eigenvalue weighted by molar-refractivity contribution is 7.80. The van der Waals surface area contributed by atoms with Crippen molar-refractivity contribution in [1.82, 2.24) is 5.32 Å². The summed E-state index contributed by atoms with van der Waals surface area (Å²) < 4.78 is 11.2. The molecule has 9 heteroatoms. The van der Waals surface area contributed by atoms with E-state index in [9.17, 15) is 19.5 Å². The summed E-state index contributed by atoms with van der Waals surface area (Å²) in [4.78, 5) is 38.1. The normalized spacial score (nSPS) is 15.0. The molecule has 166 valence electrons. The second-order valence-electron chi connectivity index (χ2n) is 6.98. The van der Waals surface area contributed by atoms with Gasteiger partial charge in [0.2, 0.25) is 0 Å². The second-order valence-corrected chi connectivity index (χ2v) is 7.36. The van der Waals surface area contributed by atoms with Crippen LogP contribution in [0.4, 0.5) is 5.69 Å². The van der Waals surface area contributed by atoms with Crippen LogP contribution in [0.25, 0.3) is 17.4 Å². The molecule has 3 aromatic rings. The van der Waals surface area contributed by atoms with E-state index in [0.717, 1.165) is 0 Å². The number of hydrogen-bond acceptors (Lipinski definition) is 6. The maximum Gasteiger partial charge on any atom is 0.335 e. The van der Waals surface area contributed by atoms with Crippen LogP contribution in [0.3, 0.4) is 0 Å². The van der Waals surface area contributed by atoms with Gasteiger partial charge in [-0.15, -0.1) is 0 Å². The van der Waals surface area contributed by atoms with Gasteiger partial charge < -0.3 is 14.3 Å². The van der Waals surface area contributed by atoms with E-state index in [0.29, 0.717) is 29.4 Å². The molecule has 1 saturated heterocycles. The fraction of sp³-hybridized carbons (Fsp3) is 0.0833. The van der Waals surface area contributed by atoms with Gasteiger partial charge in [-0.1, -0.05) is 18.2 Å². The Morgan fingerprint density at radius 3 is 2.70 bits per heavy atom. The average molecular weight is 462 g/mol. The molecular weight excluding hydrogens is 444 g/mol. The van der Waals surface area contributed by atoms with E-state index >= 15 is 0 Å². The molecule has 2 heterocycles. The number of rotatable bonds is 6. The molecule has 0 atom stereocenters. The molecule has 1 aromatic heterocycles. The van der Waals surface area contributed by atoms with Gasteiger partial charge in [0, 0.05) is 11.6 Å². The van der Waals surface area contributed by atoms with Crippen LogP contribution in [0.1, 0.15) is 23.0 Å². The van der Waals surface area contributed by atoms with E-state index in [4.69, 9.17) is 21.4 Å². The average Bonchev–Trinajstić information content (AvgIpc) is 3.26. The standard InChI is InChI=1S/C24H18N2O6S/c1-2-31-17-8-4-7-16(12-17)26-22(28)19(21(27)25-24(26)33)13-18-9-10-20(32-18)14-5-3-6-15(11-14)23(29)30/h3-13H,2H2,1H3,(H,29,30)(H,25,27,33)/b19-13-. The lowest BCUT2D eigenvalue weighted by Crippen LogP contribution is -2.54. The summed E-state index contributed by atoms with van der Waals surface area (Å²) >= 11 is 5.22. The summed E-state index contributed by atoms with van der Waals surface area (Å²) in [5.41, 5.74) is 0.955. The summed E-state index contributed by atoms with van der Waals surface area (Å²) in [6.45, 7) is 2.31. The molecule has 0 aliphatic carbocycles. The molecule has 2 N–H and O–H groups in total. The third-order valence-corrected chi connectivity index (χ3v) is 5.08. The Bertz CT molecular complexity index is 1310. The van der Waals surface area contributed by atoms with Crippen LogP contribution < -0.4 is 15.0 Å². The van der Waals surface area contributed by atoms with Crippen LogP contribution in [-0.4, -0.2) is 34.6 Å². The smallest absolute Gasteiger partial charge is 0.335 e. The lowest BCUT2D eigenvalue weighted by atomic mass is 10.1. The molecule has 0 bridgehead atoms. The number of ether oxygens (including phenoxy) is 1. The van der Waals surface area contributed by atoms with Crippen LogP contribution in [-0.2, 0) is 9.59 Å². The lowest BCUT2D eigenvalue weighted by Gasteiger charge is -2.29. The van der Waals surface area contributed by atoms with Gasteiger partial charge in [0.1, 0.15) is 22.8 Å². The molecule has 0 radical (unpaired) electrons.